The Bertz CT molecular complexity index is 213. The number of rotatable bonds is 5. The van der Waals surface area contributed by atoms with Crippen LogP contribution in [0.3, 0.4) is 0 Å². The molecule has 1 N–H and O–H groups in total. The van der Waals surface area contributed by atoms with Crippen molar-refractivity contribution in [2.75, 3.05) is 13.6 Å². The fourth-order valence-electron chi connectivity index (χ4n) is 4.53. The summed E-state index contributed by atoms with van der Waals surface area (Å²) in [5.41, 5.74) is 0.660. The average Bonchev–Trinajstić information content (AvgIpc) is 2.79. The van der Waals surface area contributed by atoms with Crippen molar-refractivity contribution < 1.29 is 0 Å². The van der Waals surface area contributed by atoms with Gasteiger partial charge in [0.25, 0.3) is 0 Å². The quantitative estimate of drug-likeness (QED) is 0.731. The van der Waals surface area contributed by atoms with Gasteiger partial charge < -0.3 is 5.32 Å². The van der Waals surface area contributed by atoms with Gasteiger partial charge in [-0.25, -0.2) is 0 Å². The molecule has 88 valence electrons. The zero-order chi connectivity index (χ0) is 10.9. The van der Waals surface area contributed by atoms with Crippen LogP contribution in [0, 0.1) is 23.2 Å². The minimum atomic E-state index is 0.660. The summed E-state index contributed by atoms with van der Waals surface area (Å²) in [6.45, 7) is 6.09. The number of hydrogen-bond acceptors (Lipinski definition) is 1. The maximum atomic E-state index is 3.47. The van der Waals surface area contributed by atoms with Crippen LogP contribution in [0.2, 0.25) is 0 Å². The van der Waals surface area contributed by atoms with Gasteiger partial charge in [-0.05, 0) is 49.5 Å². The molecule has 15 heavy (non-hydrogen) atoms. The molecular formula is C14H27N. The van der Waals surface area contributed by atoms with Gasteiger partial charge in [-0.3, -0.25) is 0 Å². The summed E-state index contributed by atoms with van der Waals surface area (Å²) in [7, 11) is 2.13. The zero-order valence-electron chi connectivity index (χ0n) is 10.7. The lowest BCUT2D eigenvalue weighted by molar-refractivity contribution is 0.0791. The third-order valence-corrected chi connectivity index (χ3v) is 5.23. The summed E-state index contributed by atoms with van der Waals surface area (Å²) < 4.78 is 0. The van der Waals surface area contributed by atoms with Crippen molar-refractivity contribution in [2.24, 2.45) is 23.2 Å². The molecule has 0 spiro atoms. The lowest BCUT2D eigenvalue weighted by atomic mass is 9.64. The van der Waals surface area contributed by atoms with E-state index in [0.29, 0.717) is 5.41 Å². The van der Waals surface area contributed by atoms with Gasteiger partial charge in [-0.2, -0.15) is 0 Å². The summed E-state index contributed by atoms with van der Waals surface area (Å²) in [6.07, 6.45) is 8.86. The Kier molecular flexibility index (Phi) is 3.39. The van der Waals surface area contributed by atoms with Gasteiger partial charge in [0.1, 0.15) is 0 Å². The van der Waals surface area contributed by atoms with Crippen molar-refractivity contribution in [3.8, 4) is 0 Å². The topological polar surface area (TPSA) is 12.0 Å². The highest BCUT2D eigenvalue weighted by Gasteiger charge is 2.52. The van der Waals surface area contributed by atoms with Gasteiger partial charge in [-0.15, -0.1) is 0 Å². The van der Waals surface area contributed by atoms with E-state index in [2.05, 4.69) is 26.2 Å². The Morgan fingerprint density at radius 3 is 2.67 bits per heavy atom. The second-order valence-electron chi connectivity index (χ2n) is 6.03. The van der Waals surface area contributed by atoms with Gasteiger partial charge in [0.15, 0.2) is 0 Å². The van der Waals surface area contributed by atoms with Gasteiger partial charge in [-0.1, -0.05) is 33.1 Å². The van der Waals surface area contributed by atoms with Crippen molar-refractivity contribution in [1.29, 1.82) is 0 Å². The Hall–Kier alpha value is -0.0400. The van der Waals surface area contributed by atoms with Crippen LogP contribution in [0.4, 0.5) is 0 Å². The second kappa shape index (κ2) is 4.45. The van der Waals surface area contributed by atoms with Crippen LogP contribution in [0.25, 0.3) is 0 Å². The van der Waals surface area contributed by atoms with E-state index >= 15 is 0 Å². The molecule has 2 aliphatic rings. The molecule has 0 aliphatic heterocycles. The van der Waals surface area contributed by atoms with Crippen LogP contribution in [-0.2, 0) is 0 Å². The molecule has 4 atom stereocenters. The molecular weight excluding hydrogens is 182 g/mol. The Balaban J connectivity index is 2.10. The van der Waals surface area contributed by atoms with E-state index in [1.165, 1.54) is 45.1 Å². The molecule has 2 bridgehead atoms. The first-order valence-electron chi connectivity index (χ1n) is 6.87. The van der Waals surface area contributed by atoms with Crippen molar-refractivity contribution in [3.63, 3.8) is 0 Å². The fraction of sp³-hybridized carbons (Fsp3) is 1.00. The average molecular weight is 209 g/mol. The highest BCUT2D eigenvalue weighted by molar-refractivity contribution is 5.03. The van der Waals surface area contributed by atoms with Crippen molar-refractivity contribution in [2.45, 2.75) is 52.4 Å². The highest BCUT2D eigenvalue weighted by atomic mass is 14.8. The second-order valence-corrected chi connectivity index (χ2v) is 6.03. The van der Waals surface area contributed by atoms with Gasteiger partial charge in [0.05, 0.1) is 0 Å². The maximum Gasteiger partial charge on any atom is 0.00101 e. The molecule has 2 rings (SSSR count). The SMILES string of the molecule is CCCC(C)C1(CNC)CC2CCC1C2. The van der Waals surface area contributed by atoms with Crippen LogP contribution in [0.5, 0.6) is 0 Å². The monoisotopic (exact) mass is 209 g/mol. The number of nitrogens with one attached hydrogen (secondary N) is 1. The van der Waals surface area contributed by atoms with Crippen LogP contribution in [0.1, 0.15) is 52.4 Å². The number of hydrogen-bond donors (Lipinski definition) is 1. The van der Waals surface area contributed by atoms with Crippen molar-refractivity contribution >= 4 is 0 Å². The third kappa shape index (κ3) is 1.84. The molecule has 2 aliphatic carbocycles. The molecule has 1 nitrogen and oxygen atoms in total. The van der Waals surface area contributed by atoms with E-state index in [4.69, 9.17) is 0 Å². The molecule has 0 aromatic heterocycles. The molecule has 2 fully saturated rings. The first kappa shape index (κ1) is 11.4. The lowest BCUT2D eigenvalue weighted by Crippen LogP contribution is -2.42. The normalized spacial score (nSPS) is 41.0. The van der Waals surface area contributed by atoms with Crippen molar-refractivity contribution in [1.82, 2.24) is 5.32 Å². The summed E-state index contributed by atoms with van der Waals surface area (Å²) in [5.74, 6) is 3.03. The predicted molar refractivity (Wildman–Crippen MR) is 65.9 cm³/mol. The number of fused-ring (bicyclic) bond motifs is 2. The minimum Gasteiger partial charge on any atom is -0.319 e. The smallest absolute Gasteiger partial charge is 0.00101 e. The molecule has 4 unspecified atom stereocenters. The molecule has 0 aromatic rings. The minimum absolute atomic E-state index is 0.660. The molecule has 0 radical (unpaired) electrons. The van der Waals surface area contributed by atoms with E-state index in [1.807, 2.05) is 0 Å². The maximum absolute atomic E-state index is 3.47. The largest absolute Gasteiger partial charge is 0.319 e. The van der Waals surface area contributed by atoms with E-state index in [0.717, 1.165) is 17.8 Å². The van der Waals surface area contributed by atoms with Crippen LogP contribution in [-0.4, -0.2) is 13.6 Å². The Morgan fingerprint density at radius 2 is 2.20 bits per heavy atom. The summed E-state index contributed by atoms with van der Waals surface area (Å²) in [5, 5.41) is 3.47. The molecule has 0 saturated heterocycles. The first-order valence-corrected chi connectivity index (χ1v) is 6.87. The molecule has 0 aromatic carbocycles. The molecule has 0 heterocycles. The van der Waals surface area contributed by atoms with Crippen LogP contribution in [0.15, 0.2) is 0 Å². The molecule has 0 amide bonds. The Labute approximate surface area is 95.0 Å². The fourth-order valence-corrected chi connectivity index (χ4v) is 4.53. The zero-order valence-corrected chi connectivity index (χ0v) is 10.7. The first-order chi connectivity index (χ1) is 7.23. The molecule has 1 heteroatoms. The van der Waals surface area contributed by atoms with E-state index in [1.54, 1.807) is 0 Å². The third-order valence-electron chi connectivity index (χ3n) is 5.23. The predicted octanol–water partition coefficient (Wildman–Crippen LogP) is 3.45. The van der Waals surface area contributed by atoms with Gasteiger partial charge >= 0.3 is 0 Å². The Morgan fingerprint density at radius 1 is 1.40 bits per heavy atom. The standard InChI is InChI=1S/C14H27N/c1-4-5-11(2)14(10-15-3)9-12-6-7-13(14)8-12/h11-13,15H,4-10H2,1-3H3. The van der Waals surface area contributed by atoms with Gasteiger partial charge in [0.2, 0.25) is 0 Å². The van der Waals surface area contributed by atoms with Crippen molar-refractivity contribution in [3.05, 3.63) is 0 Å². The van der Waals surface area contributed by atoms with Gasteiger partial charge in [0, 0.05) is 6.54 Å². The van der Waals surface area contributed by atoms with Crippen LogP contribution >= 0.6 is 0 Å². The summed E-state index contributed by atoms with van der Waals surface area (Å²) in [4.78, 5) is 0. The van der Waals surface area contributed by atoms with Crippen LogP contribution < -0.4 is 5.32 Å². The van der Waals surface area contributed by atoms with E-state index < -0.39 is 0 Å². The summed E-state index contributed by atoms with van der Waals surface area (Å²) >= 11 is 0. The van der Waals surface area contributed by atoms with E-state index in [9.17, 15) is 0 Å². The lowest BCUT2D eigenvalue weighted by Gasteiger charge is -2.43. The highest BCUT2D eigenvalue weighted by Crippen LogP contribution is 2.59. The molecule has 2 saturated carbocycles. The summed E-state index contributed by atoms with van der Waals surface area (Å²) in [6, 6.07) is 0. The van der Waals surface area contributed by atoms with E-state index in [-0.39, 0.29) is 0 Å².